The molecule has 2 heterocycles. The summed E-state index contributed by atoms with van der Waals surface area (Å²) in [6.45, 7) is 2.86. The number of nitrogens with zero attached hydrogens (tertiary/aromatic N) is 2. The maximum Gasteiger partial charge on any atom is 0.252 e. The lowest BCUT2D eigenvalue weighted by Gasteiger charge is -2.17. The number of fused-ring (bicyclic) bond motifs is 1. The lowest BCUT2D eigenvalue weighted by atomic mass is 10.1. The van der Waals surface area contributed by atoms with Gasteiger partial charge in [0.05, 0.1) is 5.52 Å². The summed E-state index contributed by atoms with van der Waals surface area (Å²) < 4.78 is 26.5. The second kappa shape index (κ2) is 6.88. The number of benzene rings is 1. The molecular formula is C17H19N3O2S2. The predicted octanol–water partition coefficient (Wildman–Crippen LogP) is 3.34. The number of hydrogen-bond donors (Lipinski definition) is 1. The van der Waals surface area contributed by atoms with Crippen molar-refractivity contribution in [2.75, 3.05) is 25.5 Å². The molecular weight excluding hydrogens is 342 g/mol. The molecule has 0 radical (unpaired) electrons. The van der Waals surface area contributed by atoms with Gasteiger partial charge in [0.15, 0.2) is 0 Å². The Kier molecular flexibility index (Phi) is 4.84. The molecule has 0 spiro atoms. The lowest BCUT2D eigenvalue weighted by molar-refractivity contribution is 0.482. The van der Waals surface area contributed by atoms with Crippen LogP contribution in [0.25, 0.3) is 10.9 Å². The molecule has 0 aliphatic heterocycles. The molecule has 3 aromatic rings. The number of likely N-dealkylation sites (N-methyl/N-ethyl adjacent to an activating group) is 1. The molecule has 126 valence electrons. The molecule has 2 aromatic heterocycles. The van der Waals surface area contributed by atoms with Gasteiger partial charge in [-0.25, -0.2) is 8.42 Å². The van der Waals surface area contributed by atoms with Crippen molar-refractivity contribution in [3.8, 4) is 0 Å². The molecule has 5 nitrogen and oxygen atoms in total. The molecule has 0 saturated carbocycles. The van der Waals surface area contributed by atoms with Crippen molar-refractivity contribution in [2.45, 2.75) is 11.1 Å². The van der Waals surface area contributed by atoms with Crippen LogP contribution in [0.1, 0.15) is 5.69 Å². The van der Waals surface area contributed by atoms with Crippen molar-refractivity contribution in [3.05, 3.63) is 53.5 Å². The third-order valence-corrected chi connectivity index (χ3v) is 6.98. The zero-order valence-electron chi connectivity index (χ0n) is 13.6. The minimum Gasteiger partial charge on any atom is -0.383 e. The molecule has 1 N–H and O–H groups in total. The molecule has 0 unspecified atom stereocenters. The Morgan fingerprint density at radius 1 is 1.21 bits per heavy atom. The summed E-state index contributed by atoms with van der Waals surface area (Å²) in [6, 6.07) is 13.3. The summed E-state index contributed by atoms with van der Waals surface area (Å²) in [5.74, 6) is 0. The van der Waals surface area contributed by atoms with Gasteiger partial charge in [-0.2, -0.15) is 4.31 Å². The van der Waals surface area contributed by atoms with E-state index < -0.39 is 10.0 Å². The van der Waals surface area contributed by atoms with Gasteiger partial charge >= 0.3 is 0 Å². The molecule has 24 heavy (non-hydrogen) atoms. The number of sulfonamides is 1. The number of anilines is 1. The number of aromatic nitrogens is 1. The van der Waals surface area contributed by atoms with E-state index in [9.17, 15) is 8.42 Å². The van der Waals surface area contributed by atoms with Crippen LogP contribution >= 0.6 is 11.3 Å². The van der Waals surface area contributed by atoms with E-state index in [1.807, 2.05) is 37.3 Å². The van der Waals surface area contributed by atoms with Crippen molar-refractivity contribution in [3.63, 3.8) is 0 Å². The molecule has 0 atom stereocenters. The summed E-state index contributed by atoms with van der Waals surface area (Å²) in [5.41, 5.74) is 2.83. The second-order valence-corrected chi connectivity index (χ2v) is 8.73. The van der Waals surface area contributed by atoms with Gasteiger partial charge < -0.3 is 5.32 Å². The first-order chi connectivity index (χ1) is 11.5. The summed E-state index contributed by atoms with van der Waals surface area (Å²) in [7, 11) is -1.80. The third-order valence-electron chi connectivity index (χ3n) is 3.75. The Labute approximate surface area is 146 Å². The van der Waals surface area contributed by atoms with E-state index in [2.05, 4.69) is 10.3 Å². The fourth-order valence-electron chi connectivity index (χ4n) is 2.49. The first-order valence-electron chi connectivity index (χ1n) is 7.58. The van der Waals surface area contributed by atoms with Crippen LogP contribution in [0.5, 0.6) is 0 Å². The number of nitrogens with one attached hydrogen (secondary N) is 1. The molecule has 0 bridgehead atoms. The molecule has 0 amide bonds. The van der Waals surface area contributed by atoms with Gasteiger partial charge in [-0.1, -0.05) is 24.3 Å². The number of thiophene rings is 1. The highest BCUT2D eigenvalue weighted by Crippen LogP contribution is 2.23. The van der Waals surface area contributed by atoms with Gasteiger partial charge in [0.1, 0.15) is 4.21 Å². The van der Waals surface area contributed by atoms with E-state index in [4.69, 9.17) is 0 Å². The fourth-order valence-corrected chi connectivity index (χ4v) is 4.86. The van der Waals surface area contributed by atoms with E-state index in [1.54, 1.807) is 24.6 Å². The van der Waals surface area contributed by atoms with Crippen LogP contribution in [0.2, 0.25) is 0 Å². The van der Waals surface area contributed by atoms with Gasteiger partial charge in [-0.15, -0.1) is 11.3 Å². The molecule has 0 aliphatic carbocycles. The summed E-state index contributed by atoms with van der Waals surface area (Å²) in [4.78, 5) is 4.51. The SMILES string of the molecule is Cc1cc(NCCN(C)S(=O)(=O)c2cccs2)c2ccccc2n1. The van der Waals surface area contributed by atoms with E-state index in [0.717, 1.165) is 22.3 Å². The quantitative estimate of drug-likeness (QED) is 0.731. The Morgan fingerprint density at radius 2 is 2.00 bits per heavy atom. The minimum atomic E-state index is -3.40. The fraction of sp³-hybridized carbons (Fsp3) is 0.235. The average Bonchev–Trinajstić information content (AvgIpc) is 3.09. The van der Waals surface area contributed by atoms with E-state index >= 15 is 0 Å². The maximum absolute atomic E-state index is 12.4. The normalized spacial score (nSPS) is 12.0. The van der Waals surface area contributed by atoms with Crippen molar-refractivity contribution < 1.29 is 8.42 Å². The zero-order chi connectivity index (χ0) is 17.2. The van der Waals surface area contributed by atoms with E-state index in [-0.39, 0.29) is 0 Å². The molecule has 0 fully saturated rings. The van der Waals surface area contributed by atoms with Crippen molar-refractivity contribution in [1.29, 1.82) is 0 Å². The van der Waals surface area contributed by atoms with Crippen molar-refractivity contribution in [1.82, 2.24) is 9.29 Å². The van der Waals surface area contributed by atoms with Gasteiger partial charge in [0, 0.05) is 36.9 Å². The van der Waals surface area contributed by atoms with Gasteiger partial charge in [-0.05, 0) is 30.5 Å². The smallest absolute Gasteiger partial charge is 0.252 e. The summed E-state index contributed by atoms with van der Waals surface area (Å²) in [6.07, 6.45) is 0. The van der Waals surface area contributed by atoms with Crippen LogP contribution in [0.15, 0.2) is 52.1 Å². The van der Waals surface area contributed by atoms with Crippen LogP contribution < -0.4 is 5.32 Å². The van der Waals surface area contributed by atoms with Gasteiger partial charge in [0.25, 0.3) is 10.0 Å². The Morgan fingerprint density at radius 3 is 2.75 bits per heavy atom. The van der Waals surface area contributed by atoms with E-state index in [0.29, 0.717) is 17.3 Å². The summed E-state index contributed by atoms with van der Waals surface area (Å²) in [5, 5.41) is 6.14. The number of para-hydroxylation sites is 1. The maximum atomic E-state index is 12.4. The third kappa shape index (κ3) is 3.43. The Hall–Kier alpha value is -1.96. The van der Waals surface area contributed by atoms with Gasteiger partial charge in [-0.3, -0.25) is 4.98 Å². The van der Waals surface area contributed by atoms with Crippen LogP contribution in [0.3, 0.4) is 0 Å². The van der Waals surface area contributed by atoms with Crippen LogP contribution in [0, 0.1) is 6.92 Å². The molecule has 0 aliphatic rings. The Bertz CT molecular complexity index is 938. The molecule has 7 heteroatoms. The van der Waals surface area contributed by atoms with Crippen molar-refractivity contribution in [2.24, 2.45) is 0 Å². The number of aryl methyl sites for hydroxylation is 1. The highest BCUT2D eigenvalue weighted by molar-refractivity contribution is 7.91. The van der Waals surface area contributed by atoms with Crippen molar-refractivity contribution >= 4 is 38.0 Å². The monoisotopic (exact) mass is 361 g/mol. The van der Waals surface area contributed by atoms with Crippen LogP contribution in [-0.2, 0) is 10.0 Å². The lowest BCUT2D eigenvalue weighted by Crippen LogP contribution is -2.31. The van der Waals surface area contributed by atoms with Crippen LogP contribution in [-0.4, -0.2) is 37.8 Å². The van der Waals surface area contributed by atoms with E-state index in [1.165, 1.54) is 15.6 Å². The predicted molar refractivity (Wildman–Crippen MR) is 99.1 cm³/mol. The molecule has 1 aromatic carbocycles. The standard InChI is InChI=1S/C17H19N3O2S2/c1-13-12-16(14-6-3-4-7-15(14)19-13)18-9-10-20(2)24(21,22)17-8-5-11-23-17/h3-8,11-12H,9-10H2,1-2H3,(H,18,19). The largest absolute Gasteiger partial charge is 0.383 e. The average molecular weight is 361 g/mol. The number of pyridine rings is 1. The highest BCUT2D eigenvalue weighted by atomic mass is 32.2. The number of hydrogen-bond acceptors (Lipinski definition) is 5. The first kappa shape index (κ1) is 16.9. The molecule has 3 rings (SSSR count). The zero-order valence-corrected chi connectivity index (χ0v) is 15.2. The number of rotatable bonds is 6. The summed E-state index contributed by atoms with van der Waals surface area (Å²) >= 11 is 1.23. The molecule has 0 saturated heterocycles. The Balaban J connectivity index is 1.71. The topological polar surface area (TPSA) is 62.3 Å². The first-order valence-corrected chi connectivity index (χ1v) is 9.90. The second-order valence-electron chi connectivity index (χ2n) is 5.51. The highest BCUT2D eigenvalue weighted by Gasteiger charge is 2.21. The van der Waals surface area contributed by atoms with Crippen LogP contribution in [0.4, 0.5) is 5.69 Å². The van der Waals surface area contributed by atoms with Gasteiger partial charge in [0.2, 0.25) is 0 Å². The minimum absolute atomic E-state index is 0.371.